The molecule has 0 spiro atoms. The Morgan fingerprint density at radius 1 is 0.897 bits per heavy atom. The maximum atomic E-state index is 6.23. The number of para-hydroxylation sites is 1. The van der Waals surface area contributed by atoms with Gasteiger partial charge in [0.25, 0.3) is 0 Å². The molecule has 2 aromatic rings. The maximum absolute atomic E-state index is 6.23. The lowest BCUT2D eigenvalue weighted by atomic mass is 9.43. The molecule has 154 valence electrons. The summed E-state index contributed by atoms with van der Waals surface area (Å²) in [5, 5.41) is 4.06. The van der Waals surface area contributed by atoms with Gasteiger partial charge in [-0.25, -0.2) is 0 Å². The Bertz CT molecular complexity index is 868. The van der Waals surface area contributed by atoms with Crippen molar-refractivity contribution in [1.82, 2.24) is 5.32 Å². The average molecular weight is 390 g/mol. The summed E-state index contributed by atoms with van der Waals surface area (Å²) in [7, 11) is 0. The summed E-state index contributed by atoms with van der Waals surface area (Å²) in [6, 6.07) is 17.2. The van der Waals surface area contributed by atoms with Gasteiger partial charge in [-0.3, -0.25) is 0 Å². The van der Waals surface area contributed by atoms with Crippen LogP contribution in [0.15, 0.2) is 48.5 Å². The molecular formula is C27H35NO. The summed E-state index contributed by atoms with van der Waals surface area (Å²) in [4.78, 5) is 0. The summed E-state index contributed by atoms with van der Waals surface area (Å²) in [6.45, 7) is 8.75. The monoisotopic (exact) mass is 389 g/mol. The Balaban J connectivity index is 1.28. The number of nitrogens with one attached hydrogen (secondary N) is 1. The minimum absolute atomic E-state index is 0.326. The van der Waals surface area contributed by atoms with Crippen LogP contribution in [-0.2, 0) is 13.2 Å². The zero-order valence-corrected chi connectivity index (χ0v) is 18.3. The Kier molecular flexibility index (Phi) is 4.55. The van der Waals surface area contributed by atoms with Crippen molar-refractivity contribution < 1.29 is 4.74 Å². The molecule has 4 saturated carbocycles. The van der Waals surface area contributed by atoms with Crippen molar-refractivity contribution in [3.8, 4) is 5.75 Å². The number of benzene rings is 2. The van der Waals surface area contributed by atoms with Crippen LogP contribution >= 0.6 is 0 Å². The van der Waals surface area contributed by atoms with Crippen LogP contribution in [0.4, 0.5) is 0 Å². The molecule has 4 aliphatic rings. The fourth-order valence-corrected chi connectivity index (χ4v) is 7.56. The van der Waals surface area contributed by atoms with Gasteiger partial charge < -0.3 is 10.1 Å². The fraction of sp³-hybridized carbons (Fsp3) is 0.556. The molecule has 2 heteroatoms. The van der Waals surface area contributed by atoms with Crippen LogP contribution in [0.2, 0.25) is 0 Å². The van der Waals surface area contributed by atoms with E-state index in [9.17, 15) is 0 Å². The van der Waals surface area contributed by atoms with E-state index in [1.807, 2.05) is 0 Å². The molecule has 4 atom stereocenters. The van der Waals surface area contributed by atoms with E-state index in [1.165, 1.54) is 55.2 Å². The highest BCUT2D eigenvalue weighted by Gasteiger charge is 2.59. The lowest BCUT2D eigenvalue weighted by molar-refractivity contribution is -0.118. The van der Waals surface area contributed by atoms with Crippen molar-refractivity contribution in [1.29, 1.82) is 0 Å². The Labute approximate surface area is 176 Å². The molecular weight excluding hydrogens is 354 g/mol. The SMILES string of the molecule is Cc1ccc(COc2ccccc2CNC23CC4C[C@@](C)(C2)C[C@](C)(C4)C3)cc1. The van der Waals surface area contributed by atoms with Crippen molar-refractivity contribution in [3.63, 3.8) is 0 Å². The van der Waals surface area contributed by atoms with Crippen LogP contribution in [-0.4, -0.2) is 5.54 Å². The molecule has 0 aliphatic heterocycles. The van der Waals surface area contributed by atoms with Gasteiger partial charge in [-0.2, -0.15) is 0 Å². The second-order valence-corrected chi connectivity index (χ2v) is 11.1. The first-order chi connectivity index (χ1) is 13.8. The van der Waals surface area contributed by atoms with E-state index in [4.69, 9.17) is 4.74 Å². The van der Waals surface area contributed by atoms with E-state index in [2.05, 4.69) is 74.6 Å². The first-order valence-corrected chi connectivity index (χ1v) is 11.4. The van der Waals surface area contributed by atoms with Gasteiger partial charge in [0.1, 0.15) is 12.4 Å². The van der Waals surface area contributed by atoms with Crippen LogP contribution in [0.5, 0.6) is 5.75 Å². The van der Waals surface area contributed by atoms with E-state index < -0.39 is 0 Å². The minimum Gasteiger partial charge on any atom is -0.489 e. The molecule has 29 heavy (non-hydrogen) atoms. The molecule has 0 amide bonds. The van der Waals surface area contributed by atoms with Gasteiger partial charge in [0, 0.05) is 17.6 Å². The predicted molar refractivity (Wildman–Crippen MR) is 119 cm³/mol. The maximum Gasteiger partial charge on any atom is 0.124 e. The van der Waals surface area contributed by atoms with Crippen LogP contribution in [0.1, 0.15) is 69.1 Å². The first-order valence-electron chi connectivity index (χ1n) is 11.4. The number of aryl methyl sites for hydroxylation is 1. The molecule has 4 aliphatic carbocycles. The third-order valence-corrected chi connectivity index (χ3v) is 7.77. The second-order valence-electron chi connectivity index (χ2n) is 11.1. The van der Waals surface area contributed by atoms with E-state index in [0.717, 1.165) is 18.2 Å². The zero-order valence-electron chi connectivity index (χ0n) is 18.3. The predicted octanol–water partition coefficient (Wildman–Crippen LogP) is 6.41. The lowest BCUT2D eigenvalue weighted by Gasteiger charge is -2.65. The molecule has 0 radical (unpaired) electrons. The highest BCUT2D eigenvalue weighted by atomic mass is 16.5. The smallest absolute Gasteiger partial charge is 0.124 e. The Hall–Kier alpha value is -1.80. The van der Waals surface area contributed by atoms with E-state index in [1.54, 1.807) is 0 Å². The highest BCUT2D eigenvalue weighted by Crippen LogP contribution is 2.66. The first kappa shape index (κ1) is 19.2. The van der Waals surface area contributed by atoms with Crippen molar-refractivity contribution in [2.45, 2.75) is 78.0 Å². The van der Waals surface area contributed by atoms with Crippen LogP contribution < -0.4 is 10.1 Å². The van der Waals surface area contributed by atoms with Gasteiger partial charge in [0.15, 0.2) is 0 Å². The second kappa shape index (κ2) is 6.87. The molecule has 2 nitrogen and oxygen atoms in total. The lowest BCUT2D eigenvalue weighted by Crippen LogP contribution is -2.63. The topological polar surface area (TPSA) is 21.3 Å². The summed E-state index contributed by atoms with van der Waals surface area (Å²) in [5.74, 6) is 1.93. The molecule has 0 heterocycles. The standard InChI is InChI=1S/C27H35NO/c1-20-8-10-21(11-9-20)16-29-24-7-5-4-6-23(24)15-28-27-14-22-12-25(2,18-27)17-26(3,13-22)19-27/h4-11,22,28H,12-19H2,1-3H3/t22?,25-,26+,27?. The quantitative estimate of drug-likeness (QED) is 0.616. The molecule has 4 bridgehead atoms. The number of hydrogen-bond acceptors (Lipinski definition) is 2. The van der Waals surface area contributed by atoms with Gasteiger partial charge in [0.2, 0.25) is 0 Å². The van der Waals surface area contributed by atoms with Crippen molar-refractivity contribution in [2.24, 2.45) is 16.7 Å². The molecule has 1 N–H and O–H groups in total. The zero-order chi connectivity index (χ0) is 20.1. The molecule has 4 fully saturated rings. The molecule has 6 rings (SSSR count). The van der Waals surface area contributed by atoms with Gasteiger partial charge in [-0.05, 0) is 73.8 Å². The Morgan fingerprint density at radius 3 is 2.28 bits per heavy atom. The van der Waals surface area contributed by atoms with Gasteiger partial charge in [0.05, 0.1) is 0 Å². The van der Waals surface area contributed by atoms with Crippen molar-refractivity contribution >= 4 is 0 Å². The van der Waals surface area contributed by atoms with Gasteiger partial charge in [-0.1, -0.05) is 61.9 Å². The van der Waals surface area contributed by atoms with Crippen LogP contribution in [0.3, 0.4) is 0 Å². The van der Waals surface area contributed by atoms with Crippen LogP contribution in [0.25, 0.3) is 0 Å². The molecule has 0 aromatic heterocycles. The van der Waals surface area contributed by atoms with E-state index in [-0.39, 0.29) is 0 Å². The third-order valence-electron chi connectivity index (χ3n) is 7.77. The van der Waals surface area contributed by atoms with Crippen molar-refractivity contribution in [2.75, 3.05) is 0 Å². The molecule has 2 unspecified atom stereocenters. The minimum atomic E-state index is 0.326. The third kappa shape index (κ3) is 3.84. The molecule has 2 aromatic carbocycles. The molecule has 0 saturated heterocycles. The fourth-order valence-electron chi connectivity index (χ4n) is 7.56. The van der Waals surface area contributed by atoms with E-state index in [0.29, 0.717) is 23.0 Å². The van der Waals surface area contributed by atoms with Crippen molar-refractivity contribution in [3.05, 3.63) is 65.2 Å². The highest BCUT2D eigenvalue weighted by molar-refractivity contribution is 5.34. The summed E-state index contributed by atoms with van der Waals surface area (Å²) in [5.41, 5.74) is 5.21. The summed E-state index contributed by atoms with van der Waals surface area (Å²) in [6.07, 6.45) is 8.38. The number of rotatable bonds is 6. The summed E-state index contributed by atoms with van der Waals surface area (Å²) >= 11 is 0. The summed E-state index contributed by atoms with van der Waals surface area (Å²) < 4.78 is 6.23. The Morgan fingerprint density at radius 2 is 1.59 bits per heavy atom. The number of hydrogen-bond donors (Lipinski definition) is 1. The van der Waals surface area contributed by atoms with Gasteiger partial charge in [-0.15, -0.1) is 0 Å². The average Bonchev–Trinajstić information content (AvgIpc) is 2.64. The normalized spacial score (nSPS) is 35.1. The van der Waals surface area contributed by atoms with E-state index >= 15 is 0 Å². The van der Waals surface area contributed by atoms with Crippen LogP contribution in [0, 0.1) is 23.7 Å². The largest absolute Gasteiger partial charge is 0.489 e. The van der Waals surface area contributed by atoms with Gasteiger partial charge >= 0.3 is 0 Å². The number of ether oxygens (including phenoxy) is 1.